The minimum atomic E-state index is -0.798. The van der Waals surface area contributed by atoms with Gasteiger partial charge in [0.15, 0.2) is 0 Å². The van der Waals surface area contributed by atoms with E-state index >= 15 is 0 Å². The second-order valence-electron chi connectivity index (χ2n) is 2.52. The van der Waals surface area contributed by atoms with E-state index < -0.39 is 16.4 Å². The first kappa shape index (κ1) is 9.98. The van der Waals surface area contributed by atoms with Crippen LogP contribution < -0.4 is 0 Å². The summed E-state index contributed by atoms with van der Waals surface area (Å²) in [5.41, 5.74) is 0.252. The second-order valence-corrected chi connectivity index (χ2v) is 2.96. The van der Waals surface area contributed by atoms with Crippen molar-refractivity contribution in [3.05, 3.63) is 39.7 Å². The van der Waals surface area contributed by atoms with Gasteiger partial charge in [-0.25, -0.2) is 0 Å². The number of nitro benzene ring substituents is 1. The molecule has 0 N–H and O–H groups in total. The first-order valence-corrected chi connectivity index (χ1v) is 4.32. The van der Waals surface area contributed by atoms with Crippen LogP contribution in [0.25, 0.3) is 0 Å². The van der Waals surface area contributed by atoms with Gasteiger partial charge in [0.1, 0.15) is 0 Å². The minimum Gasteiger partial charge on any atom is -0.258 e. The lowest BCUT2D eigenvalue weighted by Gasteiger charge is -1.98. The summed E-state index contributed by atoms with van der Waals surface area (Å²) in [6.07, 6.45) is 0.601. The van der Waals surface area contributed by atoms with Gasteiger partial charge in [0.05, 0.1) is 4.92 Å². The maximum atomic E-state index is 12.8. The van der Waals surface area contributed by atoms with Gasteiger partial charge in [0.2, 0.25) is 5.82 Å². The van der Waals surface area contributed by atoms with E-state index in [1.807, 2.05) is 0 Å². The first-order valence-electron chi connectivity index (χ1n) is 3.69. The number of nitrogens with zero attached hydrogens (tertiary/aromatic N) is 1. The van der Waals surface area contributed by atoms with E-state index in [9.17, 15) is 14.5 Å². The Hall–Kier alpha value is -1.10. The van der Waals surface area contributed by atoms with Gasteiger partial charge in [0.25, 0.3) is 0 Å². The topological polar surface area (TPSA) is 43.1 Å². The molecular weight excluding hydrogens is 193 g/mol. The van der Waals surface area contributed by atoms with Crippen LogP contribution in [0.4, 0.5) is 10.1 Å². The maximum Gasteiger partial charge on any atom is 0.305 e. The Kier molecular flexibility index (Phi) is 3.25. The van der Waals surface area contributed by atoms with Gasteiger partial charge in [-0.3, -0.25) is 10.1 Å². The molecule has 0 aliphatic rings. The van der Waals surface area contributed by atoms with E-state index in [0.29, 0.717) is 12.2 Å². The highest BCUT2D eigenvalue weighted by molar-refractivity contribution is 7.80. The Bertz CT molecular complexity index is 330. The molecular formula is C8H8FNO2S. The number of nitro groups is 1. The smallest absolute Gasteiger partial charge is 0.258 e. The fourth-order valence-corrected chi connectivity index (χ4v) is 1.24. The molecule has 0 amide bonds. The molecule has 0 unspecified atom stereocenters. The normalized spacial score (nSPS) is 10.0. The molecule has 70 valence electrons. The third-order valence-corrected chi connectivity index (χ3v) is 1.83. The van der Waals surface area contributed by atoms with E-state index in [1.54, 1.807) is 0 Å². The first-order chi connectivity index (χ1) is 6.15. The monoisotopic (exact) mass is 201 g/mol. The van der Waals surface area contributed by atoms with Crippen molar-refractivity contribution >= 4 is 18.3 Å². The number of hydrogen-bond donors (Lipinski definition) is 1. The van der Waals surface area contributed by atoms with Crippen molar-refractivity contribution in [3.63, 3.8) is 0 Å². The van der Waals surface area contributed by atoms with Gasteiger partial charge in [-0.15, -0.1) is 0 Å². The molecule has 0 aliphatic heterocycles. The summed E-state index contributed by atoms with van der Waals surface area (Å²) in [6.45, 7) is 0. The molecule has 0 saturated carbocycles. The van der Waals surface area contributed by atoms with Gasteiger partial charge in [-0.2, -0.15) is 17.0 Å². The lowest BCUT2D eigenvalue weighted by Crippen LogP contribution is -1.95. The Morgan fingerprint density at radius 3 is 2.77 bits per heavy atom. The Morgan fingerprint density at radius 2 is 2.23 bits per heavy atom. The molecule has 0 saturated heterocycles. The van der Waals surface area contributed by atoms with Crippen LogP contribution in [0, 0.1) is 15.9 Å². The standard InChI is InChI=1S/C8H8FNO2S/c9-7-2-1-6(3-4-13)5-8(7)10(11)12/h1-2,5,13H,3-4H2. The fourth-order valence-electron chi connectivity index (χ4n) is 0.983. The van der Waals surface area contributed by atoms with E-state index in [4.69, 9.17) is 0 Å². The molecule has 0 spiro atoms. The van der Waals surface area contributed by atoms with Gasteiger partial charge in [-0.05, 0) is 23.8 Å². The molecule has 1 aromatic carbocycles. The van der Waals surface area contributed by atoms with Crippen molar-refractivity contribution in [1.82, 2.24) is 0 Å². The average Bonchev–Trinajstić information content (AvgIpc) is 2.08. The lowest BCUT2D eigenvalue weighted by molar-refractivity contribution is -0.387. The second kappa shape index (κ2) is 4.23. The number of halogens is 1. The summed E-state index contributed by atoms with van der Waals surface area (Å²) in [6, 6.07) is 3.88. The zero-order valence-corrected chi connectivity index (χ0v) is 7.63. The van der Waals surface area contributed by atoms with E-state index in [2.05, 4.69) is 12.6 Å². The van der Waals surface area contributed by atoms with Crippen molar-refractivity contribution in [2.24, 2.45) is 0 Å². The van der Waals surface area contributed by atoms with Crippen LogP contribution in [0.5, 0.6) is 0 Å². The van der Waals surface area contributed by atoms with Crippen LogP contribution in [0.1, 0.15) is 5.56 Å². The lowest BCUT2D eigenvalue weighted by atomic mass is 10.1. The van der Waals surface area contributed by atoms with Crippen LogP contribution in [-0.2, 0) is 6.42 Å². The highest BCUT2D eigenvalue weighted by atomic mass is 32.1. The van der Waals surface area contributed by atoms with Crippen LogP contribution in [0.2, 0.25) is 0 Å². The number of thiol groups is 1. The summed E-state index contributed by atoms with van der Waals surface area (Å²) in [5, 5.41) is 10.3. The summed E-state index contributed by atoms with van der Waals surface area (Å²) < 4.78 is 12.8. The molecule has 0 fully saturated rings. The molecule has 0 aromatic heterocycles. The highest BCUT2D eigenvalue weighted by Gasteiger charge is 2.13. The quantitative estimate of drug-likeness (QED) is 0.463. The SMILES string of the molecule is O=[N+]([O-])c1cc(CCS)ccc1F. The predicted octanol–water partition coefficient (Wildman–Crippen LogP) is 2.21. The van der Waals surface area contributed by atoms with Gasteiger partial charge in [-0.1, -0.05) is 6.07 Å². The van der Waals surface area contributed by atoms with Crippen LogP contribution in [-0.4, -0.2) is 10.7 Å². The van der Waals surface area contributed by atoms with Crippen molar-refractivity contribution in [1.29, 1.82) is 0 Å². The highest BCUT2D eigenvalue weighted by Crippen LogP contribution is 2.18. The number of hydrogen-bond acceptors (Lipinski definition) is 3. The third kappa shape index (κ3) is 2.42. The third-order valence-electron chi connectivity index (χ3n) is 1.61. The maximum absolute atomic E-state index is 12.8. The number of rotatable bonds is 3. The molecule has 0 radical (unpaired) electrons. The molecule has 0 atom stereocenters. The van der Waals surface area contributed by atoms with Crippen molar-refractivity contribution in [3.8, 4) is 0 Å². The van der Waals surface area contributed by atoms with Gasteiger partial charge >= 0.3 is 5.69 Å². The minimum absolute atomic E-state index is 0.473. The van der Waals surface area contributed by atoms with Crippen molar-refractivity contribution in [2.45, 2.75) is 6.42 Å². The summed E-state index contributed by atoms with van der Waals surface area (Å²) in [4.78, 5) is 9.60. The zero-order chi connectivity index (χ0) is 9.84. The Balaban J connectivity index is 3.04. The van der Waals surface area contributed by atoms with E-state index in [0.717, 1.165) is 11.6 Å². The van der Waals surface area contributed by atoms with Gasteiger partial charge in [0, 0.05) is 6.07 Å². The largest absolute Gasteiger partial charge is 0.305 e. The molecule has 5 heteroatoms. The molecule has 3 nitrogen and oxygen atoms in total. The van der Waals surface area contributed by atoms with Crippen molar-refractivity contribution < 1.29 is 9.31 Å². The van der Waals surface area contributed by atoms with Crippen molar-refractivity contribution in [2.75, 3.05) is 5.75 Å². The Morgan fingerprint density at radius 1 is 1.54 bits per heavy atom. The van der Waals surface area contributed by atoms with Crippen LogP contribution >= 0.6 is 12.6 Å². The predicted molar refractivity (Wildman–Crippen MR) is 50.6 cm³/mol. The van der Waals surface area contributed by atoms with Crippen LogP contribution in [0.15, 0.2) is 18.2 Å². The number of aryl methyl sites for hydroxylation is 1. The van der Waals surface area contributed by atoms with Crippen LogP contribution in [0.3, 0.4) is 0 Å². The summed E-state index contributed by atoms with van der Waals surface area (Å²) in [7, 11) is 0. The Labute approximate surface area is 80.1 Å². The van der Waals surface area contributed by atoms with E-state index in [1.165, 1.54) is 12.1 Å². The molecule has 1 aromatic rings. The molecule has 0 heterocycles. The molecule has 0 aliphatic carbocycles. The molecule has 1 rings (SSSR count). The molecule has 0 bridgehead atoms. The van der Waals surface area contributed by atoms with Gasteiger partial charge < -0.3 is 0 Å². The molecule has 13 heavy (non-hydrogen) atoms. The fraction of sp³-hybridized carbons (Fsp3) is 0.250. The summed E-state index contributed by atoms with van der Waals surface area (Å²) >= 11 is 3.98. The summed E-state index contributed by atoms with van der Waals surface area (Å²) in [5.74, 6) is -0.212. The average molecular weight is 201 g/mol. The van der Waals surface area contributed by atoms with E-state index in [-0.39, 0.29) is 0 Å². The number of benzene rings is 1. The zero-order valence-electron chi connectivity index (χ0n) is 6.74.